The van der Waals surface area contributed by atoms with Crippen LogP contribution in [0.5, 0.6) is 0 Å². The molecule has 3 nitrogen and oxygen atoms in total. The van der Waals surface area contributed by atoms with Crippen LogP contribution in [-0.4, -0.2) is 31.7 Å². The Bertz CT molecular complexity index is 344. The van der Waals surface area contributed by atoms with E-state index in [1.807, 2.05) is 6.07 Å². The smallest absolute Gasteiger partial charge is 0.169 e. The number of carbonyl (C=O) groups excluding carboxylic acids is 1. The second kappa shape index (κ2) is 5.07. The molecular weight excluding hydrogens is 236 g/mol. The van der Waals surface area contributed by atoms with Gasteiger partial charge in [-0.2, -0.15) is 0 Å². The summed E-state index contributed by atoms with van der Waals surface area (Å²) in [5.41, 5.74) is 0. The maximum atomic E-state index is 11.7. The van der Waals surface area contributed by atoms with E-state index < -0.39 is 6.10 Å². The van der Waals surface area contributed by atoms with Gasteiger partial charge in [-0.15, -0.1) is 11.3 Å². The van der Waals surface area contributed by atoms with Crippen molar-refractivity contribution in [2.75, 3.05) is 19.8 Å². The van der Waals surface area contributed by atoms with Gasteiger partial charge in [0.05, 0.1) is 24.2 Å². The summed E-state index contributed by atoms with van der Waals surface area (Å²) in [6.07, 6.45) is -0.0228. The summed E-state index contributed by atoms with van der Waals surface area (Å²) in [5, 5.41) is 0. The van der Waals surface area contributed by atoms with Crippen LogP contribution in [0.3, 0.4) is 0 Å². The lowest BCUT2D eigenvalue weighted by Gasteiger charge is -2.21. The van der Waals surface area contributed by atoms with Gasteiger partial charge in [-0.1, -0.05) is 11.6 Å². The third-order valence-corrected chi connectivity index (χ3v) is 3.38. The average Bonchev–Trinajstić information content (AvgIpc) is 2.65. The standard InChI is InChI=1S/C10H11ClO3S/c11-10-2-1-7(15-10)5-8(12)9-6-13-3-4-14-9/h1-2,9H,3-6H2. The molecule has 15 heavy (non-hydrogen) atoms. The Morgan fingerprint density at radius 1 is 1.53 bits per heavy atom. The molecule has 0 amide bonds. The van der Waals surface area contributed by atoms with Gasteiger partial charge < -0.3 is 9.47 Å². The summed E-state index contributed by atoms with van der Waals surface area (Å²) in [6, 6.07) is 3.67. The zero-order valence-corrected chi connectivity index (χ0v) is 9.64. The number of hydrogen-bond acceptors (Lipinski definition) is 4. The van der Waals surface area contributed by atoms with E-state index >= 15 is 0 Å². The molecule has 1 unspecified atom stereocenters. The van der Waals surface area contributed by atoms with Gasteiger partial charge in [0.2, 0.25) is 0 Å². The summed E-state index contributed by atoms with van der Waals surface area (Å²) >= 11 is 7.21. The van der Waals surface area contributed by atoms with Crippen LogP contribution in [0.25, 0.3) is 0 Å². The summed E-state index contributed by atoms with van der Waals surface area (Å²) in [7, 11) is 0. The Balaban J connectivity index is 1.91. The molecule has 0 N–H and O–H groups in total. The number of halogens is 1. The van der Waals surface area contributed by atoms with E-state index in [-0.39, 0.29) is 5.78 Å². The molecule has 0 spiro atoms. The van der Waals surface area contributed by atoms with Crippen molar-refractivity contribution in [1.82, 2.24) is 0 Å². The number of Topliss-reactive ketones (excluding diaryl/α,β-unsaturated/α-hetero) is 1. The first-order valence-electron chi connectivity index (χ1n) is 4.72. The van der Waals surface area contributed by atoms with Crippen LogP contribution in [0, 0.1) is 0 Å². The van der Waals surface area contributed by atoms with Crippen LogP contribution in [0.2, 0.25) is 4.34 Å². The quantitative estimate of drug-likeness (QED) is 0.818. The van der Waals surface area contributed by atoms with Gasteiger partial charge in [0, 0.05) is 11.3 Å². The van der Waals surface area contributed by atoms with E-state index in [1.165, 1.54) is 11.3 Å². The summed E-state index contributed by atoms with van der Waals surface area (Å²) in [5.74, 6) is 0.0632. The topological polar surface area (TPSA) is 35.5 Å². The first kappa shape index (κ1) is 11.1. The van der Waals surface area contributed by atoms with E-state index in [1.54, 1.807) is 6.07 Å². The lowest BCUT2D eigenvalue weighted by atomic mass is 10.1. The fraction of sp³-hybridized carbons (Fsp3) is 0.500. The molecule has 2 rings (SSSR count). The predicted molar refractivity (Wildman–Crippen MR) is 58.6 cm³/mol. The molecule has 0 saturated carbocycles. The van der Waals surface area contributed by atoms with Gasteiger partial charge in [-0.05, 0) is 12.1 Å². The van der Waals surface area contributed by atoms with E-state index in [9.17, 15) is 4.79 Å². The van der Waals surface area contributed by atoms with Crippen LogP contribution in [0.1, 0.15) is 4.88 Å². The normalized spacial score (nSPS) is 21.5. The minimum absolute atomic E-state index is 0.0632. The fourth-order valence-corrected chi connectivity index (χ4v) is 2.50. The molecule has 1 aliphatic heterocycles. The van der Waals surface area contributed by atoms with Gasteiger partial charge in [-0.3, -0.25) is 4.79 Å². The third-order valence-electron chi connectivity index (χ3n) is 2.15. The number of ether oxygens (including phenoxy) is 2. The van der Waals surface area contributed by atoms with Crippen LogP contribution in [0.15, 0.2) is 12.1 Å². The second-order valence-corrected chi connectivity index (χ2v) is 5.08. The maximum absolute atomic E-state index is 11.7. The molecule has 0 radical (unpaired) electrons. The lowest BCUT2D eigenvalue weighted by molar-refractivity contribution is -0.144. The highest BCUT2D eigenvalue weighted by atomic mass is 35.5. The summed E-state index contributed by atoms with van der Waals surface area (Å²) in [4.78, 5) is 12.7. The molecule has 0 aromatic carbocycles. The number of hydrogen-bond donors (Lipinski definition) is 0. The monoisotopic (exact) mass is 246 g/mol. The van der Waals surface area contributed by atoms with Crippen molar-refractivity contribution in [3.63, 3.8) is 0 Å². The van der Waals surface area contributed by atoms with Crippen molar-refractivity contribution < 1.29 is 14.3 Å². The number of carbonyl (C=O) groups is 1. The fourth-order valence-electron chi connectivity index (χ4n) is 1.41. The Morgan fingerprint density at radius 2 is 2.40 bits per heavy atom. The maximum Gasteiger partial charge on any atom is 0.169 e. The minimum atomic E-state index is -0.403. The Kier molecular flexibility index (Phi) is 3.75. The lowest BCUT2D eigenvalue weighted by Crippen LogP contribution is -2.36. The molecule has 1 atom stereocenters. The Hall–Kier alpha value is -0.420. The summed E-state index contributed by atoms with van der Waals surface area (Å²) < 4.78 is 11.2. The second-order valence-electron chi connectivity index (χ2n) is 3.28. The molecule has 1 saturated heterocycles. The van der Waals surface area contributed by atoms with Gasteiger partial charge in [0.15, 0.2) is 5.78 Å². The van der Waals surface area contributed by atoms with Crippen LogP contribution in [-0.2, 0) is 20.7 Å². The molecule has 0 aliphatic carbocycles. The highest BCUT2D eigenvalue weighted by Gasteiger charge is 2.22. The van der Waals surface area contributed by atoms with Gasteiger partial charge in [-0.25, -0.2) is 0 Å². The van der Waals surface area contributed by atoms with E-state index in [0.29, 0.717) is 30.6 Å². The van der Waals surface area contributed by atoms with Crippen LogP contribution >= 0.6 is 22.9 Å². The zero-order valence-electron chi connectivity index (χ0n) is 8.07. The zero-order chi connectivity index (χ0) is 10.7. The molecule has 1 fully saturated rings. The first-order valence-corrected chi connectivity index (χ1v) is 5.91. The summed E-state index contributed by atoms with van der Waals surface area (Å²) in [6.45, 7) is 1.45. The molecule has 1 aliphatic rings. The molecule has 0 bridgehead atoms. The minimum Gasteiger partial charge on any atom is -0.376 e. The van der Waals surface area contributed by atoms with E-state index in [4.69, 9.17) is 21.1 Å². The van der Waals surface area contributed by atoms with Crippen LogP contribution < -0.4 is 0 Å². The van der Waals surface area contributed by atoms with Crippen molar-refractivity contribution in [1.29, 1.82) is 0 Å². The number of rotatable bonds is 3. The molecule has 1 aromatic heterocycles. The van der Waals surface area contributed by atoms with Gasteiger partial charge in [0.1, 0.15) is 6.10 Å². The van der Waals surface area contributed by atoms with Crippen molar-refractivity contribution in [2.45, 2.75) is 12.5 Å². The highest BCUT2D eigenvalue weighted by molar-refractivity contribution is 7.16. The van der Waals surface area contributed by atoms with Crippen LogP contribution in [0.4, 0.5) is 0 Å². The number of thiophene rings is 1. The number of ketones is 1. The van der Waals surface area contributed by atoms with Gasteiger partial charge in [0.25, 0.3) is 0 Å². The Morgan fingerprint density at radius 3 is 3.00 bits per heavy atom. The van der Waals surface area contributed by atoms with E-state index in [0.717, 1.165) is 4.88 Å². The molecular formula is C10H11ClO3S. The van der Waals surface area contributed by atoms with Crippen molar-refractivity contribution in [3.8, 4) is 0 Å². The average molecular weight is 247 g/mol. The third kappa shape index (κ3) is 3.01. The Labute approximate surface area is 96.9 Å². The SMILES string of the molecule is O=C(Cc1ccc(Cl)s1)C1COCCO1. The van der Waals surface area contributed by atoms with Crippen molar-refractivity contribution in [3.05, 3.63) is 21.3 Å². The van der Waals surface area contributed by atoms with Crippen molar-refractivity contribution in [2.24, 2.45) is 0 Å². The first-order chi connectivity index (χ1) is 7.25. The van der Waals surface area contributed by atoms with Crippen molar-refractivity contribution >= 4 is 28.7 Å². The molecule has 1 aromatic rings. The molecule has 2 heterocycles. The molecule has 82 valence electrons. The van der Waals surface area contributed by atoms with Gasteiger partial charge >= 0.3 is 0 Å². The molecule has 5 heteroatoms. The largest absolute Gasteiger partial charge is 0.376 e. The predicted octanol–water partition coefficient (Wildman–Crippen LogP) is 1.93. The highest BCUT2D eigenvalue weighted by Crippen LogP contribution is 2.22. The van der Waals surface area contributed by atoms with E-state index in [2.05, 4.69) is 0 Å².